The zero-order chi connectivity index (χ0) is 18.4. The normalized spacial score (nSPS) is 21.1. The summed E-state index contributed by atoms with van der Waals surface area (Å²) >= 11 is 0. The molecule has 2 atom stereocenters. The molecule has 25 heavy (non-hydrogen) atoms. The van der Waals surface area contributed by atoms with E-state index in [1.54, 1.807) is 18.2 Å². The highest BCUT2D eigenvalue weighted by Crippen LogP contribution is 2.32. The van der Waals surface area contributed by atoms with Gasteiger partial charge in [-0.1, -0.05) is 18.7 Å². The lowest BCUT2D eigenvalue weighted by Crippen LogP contribution is -2.37. The van der Waals surface area contributed by atoms with Gasteiger partial charge in [0, 0.05) is 11.5 Å². The molecule has 1 saturated heterocycles. The number of alkyl halides is 3. The number of pyridine rings is 1. The number of hydrogen-bond acceptors (Lipinski definition) is 4. The van der Waals surface area contributed by atoms with Crippen LogP contribution in [-0.2, 0) is 9.53 Å². The third-order valence-electron chi connectivity index (χ3n) is 3.75. The Morgan fingerprint density at radius 2 is 2.24 bits per heavy atom. The van der Waals surface area contributed by atoms with Crippen LogP contribution >= 0.6 is 0 Å². The first-order valence-corrected chi connectivity index (χ1v) is 7.67. The van der Waals surface area contributed by atoms with Crippen molar-refractivity contribution in [1.82, 2.24) is 4.98 Å². The highest BCUT2D eigenvalue weighted by Gasteiger charge is 2.42. The lowest BCUT2D eigenvalue weighted by Gasteiger charge is -2.28. The minimum absolute atomic E-state index is 0.00329. The molecule has 2 heterocycles. The Morgan fingerprint density at radius 1 is 1.48 bits per heavy atom. The van der Waals surface area contributed by atoms with Crippen LogP contribution in [0.4, 0.5) is 18.9 Å². The SMILES string of the molecule is C=CC(=O)Nc1cnc(OC)c(C=CC2CCC(C(F)(F)F)OC2)c1. The lowest BCUT2D eigenvalue weighted by atomic mass is 9.97. The highest BCUT2D eigenvalue weighted by atomic mass is 19.4. The molecule has 0 spiro atoms. The monoisotopic (exact) mass is 356 g/mol. The van der Waals surface area contributed by atoms with Crippen molar-refractivity contribution in [3.63, 3.8) is 0 Å². The molecule has 0 bridgehead atoms. The average molecular weight is 356 g/mol. The molecule has 1 N–H and O–H groups in total. The fourth-order valence-electron chi connectivity index (χ4n) is 2.44. The second-order valence-electron chi connectivity index (χ2n) is 5.58. The number of methoxy groups -OCH3 is 1. The Labute approximate surface area is 143 Å². The van der Waals surface area contributed by atoms with Crippen molar-refractivity contribution in [1.29, 1.82) is 0 Å². The van der Waals surface area contributed by atoms with Gasteiger partial charge in [-0.05, 0) is 25.0 Å². The van der Waals surface area contributed by atoms with E-state index in [4.69, 9.17) is 9.47 Å². The average Bonchev–Trinajstić information content (AvgIpc) is 2.59. The summed E-state index contributed by atoms with van der Waals surface area (Å²) in [4.78, 5) is 15.4. The molecule has 2 unspecified atom stereocenters. The van der Waals surface area contributed by atoms with Gasteiger partial charge in [0.2, 0.25) is 11.8 Å². The summed E-state index contributed by atoms with van der Waals surface area (Å²) in [5, 5.41) is 2.59. The number of halogens is 3. The Balaban J connectivity index is 2.05. The minimum Gasteiger partial charge on any atom is -0.481 e. The Morgan fingerprint density at radius 3 is 2.80 bits per heavy atom. The first-order valence-electron chi connectivity index (χ1n) is 7.67. The van der Waals surface area contributed by atoms with E-state index in [0.717, 1.165) is 6.08 Å². The molecule has 0 radical (unpaired) electrons. The van der Waals surface area contributed by atoms with Crippen LogP contribution in [0.5, 0.6) is 5.88 Å². The number of rotatable bonds is 5. The Kier molecular flexibility index (Phi) is 6.19. The van der Waals surface area contributed by atoms with Crippen LogP contribution in [0.25, 0.3) is 6.08 Å². The molecule has 2 rings (SSSR count). The minimum atomic E-state index is -4.32. The maximum atomic E-state index is 12.6. The van der Waals surface area contributed by atoms with Gasteiger partial charge >= 0.3 is 6.18 Å². The van der Waals surface area contributed by atoms with Crippen molar-refractivity contribution in [3.05, 3.63) is 36.6 Å². The maximum Gasteiger partial charge on any atom is 0.414 e. The van der Waals surface area contributed by atoms with Crippen molar-refractivity contribution in [2.45, 2.75) is 25.1 Å². The first kappa shape index (κ1) is 19.0. The van der Waals surface area contributed by atoms with Crippen LogP contribution in [0, 0.1) is 5.92 Å². The summed E-state index contributed by atoms with van der Waals surface area (Å²) < 4.78 is 47.8. The second-order valence-corrected chi connectivity index (χ2v) is 5.58. The molecule has 1 aromatic heterocycles. The van der Waals surface area contributed by atoms with Gasteiger partial charge in [0.25, 0.3) is 0 Å². The van der Waals surface area contributed by atoms with E-state index in [1.165, 1.54) is 13.3 Å². The summed E-state index contributed by atoms with van der Waals surface area (Å²) in [6, 6.07) is 1.66. The number of carbonyl (C=O) groups excluding carboxylic acids is 1. The van der Waals surface area contributed by atoms with Crippen molar-refractivity contribution in [2.75, 3.05) is 19.0 Å². The summed E-state index contributed by atoms with van der Waals surface area (Å²) in [5.41, 5.74) is 1.06. The van der Waals surface area contributed by atoms with Crippen LogP contribution < -0.4 is 10.1 Å². The van der Waals surface area contributed by atoms with Gasteiger partial charge in [-0.15, -0.1) is 0 Å². The van der Waals surface area contributed by atoms with Gasteiger partial charge in [0.1, 0.15) is 0 Å². The summed E-state index contributed by atoms with van der Waals surface area (Å²) in [6.07, 6.45) is 0.353. The fourth-order valence-corrected chi connectivity index (χ4v) is 2.44. The number of ether oxygens (including phenoxy) is 2. The molecular weight excluding hydrogens is 337 g/mol. The van der Waals surface area contributed by atoms with E-state index in [9.17, 15) is 18.0 Å². The number of nitrogens with one attached hydrogen (secondary N) is 1. The molecule has 8 heteroatoms. The number of hydrogen-bond donors (Lipinski definition) is 1. The number of amides is 1. The van der Waals surface area contributed by atoms with Gasteiger partial charge in [-0.3, -0.25) is 4.79 Å². The number of anilines is 1. The number of nitrogens with zero attached hydrogens (tertiary/aromatic N) is 1. The number of aromatic nitrogens is 1. The van der Waals surface area contributed by atoms with Crippen LogP contribution in [-0.4, -0.2) is 36.9 Å². The second kappa shape index (κ2) is 8.15. The van der Waals surface area contributed by atoms with E-state index < -0.39 is 12.3 Å². The van der Waals surface area contributed by atoms with E-state index in [0.29, 0.717) is 23.6 Å². The molecular formula is C17H19F3N2O3. The summed E-state index contributed by atoms with van der Waals surface area (Å²) in [6.45, 7) is 3.37. The third-order valence-corrected chi connectivity index (χ3v) is 3.75. The van der Waals surface area contributed by atoms with Gasteiger partial charge in [0.05, 0.1) is 25.6 Å². The molecule has 1 fully saturated rings. The molecule has 0 saturated carbocycles. The Bertz CT molecular complexity index is 651. The molecule has 1 amide bonds. The predicted molar refractivity (Wildman–Crippen MR) is 87.2 cm³/mol. The third kappa shape index (κ3) is 5.32. The zero-order valence-electron chi connectivity index (χ0n) is 13.7. The maximum absolute atomic E-state index is 12.6. The predicted octanol–water partition coefficient (Wildman–Crippen LogP) is 3.59. The quantitative estimate of drug-likeness (QED) is 0.819. The molecule has 136 valence electrons. The Hall–Kier alpha value is -2.35. The zero-order valence-corrected chi connectivity index (χ0v) is 13.7. The van der Waals surface area contributed by atoms with E-state index in [1.807, 2.05) is 0 Å². The van der Waals surface area contributed by atoms with Crippen molar-refractivity contribution < 1.29 is 27.4 Å². The molecule has 0 aromatic carbocycles. The van der Waals surface area contributed by atoms with Crippen LogP contribution in [0.2, 0.25) is 0 Å². The van der Waals surface area contributed by atoms with E-state index in [2.05, 4.69) is 16.9 Å². The summed E-state index contributed by atoms with van der Waals surface area (Å²) in [7, 11) is 1.46. The lowest BCUT2D eigenvalue weighted by molar-refractivity contribution is -0.233. The van der Waals surface area contributed by atoms with Crippen LogP contribution in [0.15, 0.2) is 31.0 Å². The fraction of sp³-hybridized carbons (Fsp3) is 0.412. The van der Waals surface area contributed by atoms with Gasteiger partial charge < -0.3 is 14.8 Å². The van der Waals surface area contributed by atoms with Gasteiger partial charge in [-0.25, -0.2) is 4.98 Å². The topological polar surface area (TPSA) is 60.5 Å². The molecule has 1 aliphatic rings. The van der Waals surface area contributed by atoms with E-state index in [-0.39, 0.29) is 24.9 Å². The molecule has 5 nitrogen and oxygen atoms in total. The van der Waals surface area contributed by atoms with Crippen molar-refractivity contribution >= 4 is 17.7 Å². The van der Waals surface area contributed by atoms with E-state index >= 15 is 0 Å². The molecule has 0 aliphatic carbocycles. The molecule has 1 aromatic rings. The summed E-state index contributed by atoms with van der Waals surface area (Å²) in [5.74, 6) is -0.159. The van der Waals surface area contributed by atoms with Crippen molar-refractivity contribution in [2.24, 2.45) is 5.92 Å². The molecule has 1 aliphatic heterocycles. The smallest absolute Gasteiger partial charge is 0.414 e. The van der Waals surface area contributed by atoms with Gasteiger partial charge in [0.15, 0.2) is 6.10 Å². The van der Waals surface area contributed by atoms with Crippen LogP contribution in [0.1, 0.15) is 18.4 Å². The standard InChI is InChI=1S/C17H19F3N2O3/c1-3-15(23)22-13-8-12(16(24-2)21-9-13)6-4-11-5-7-14(25-10-11)17(18,19)20/h3-4,6,8-9,11,14H,1,5,7,10H2,2H3,(H,22,23). The van der Waals surface area contributed by atoms with Gasteiger partial charge in [-0.2, -0.15) is 13.2 Å². The largest absolute Gasteiger partial charge is 0.481 e. The van der Waals surface area contributed by atoms with Crippen LogP contribution in [0.3, 0.4) is 0 Å². The highest BCUT2D eigenvalue weighted by molar-refractivity contribution is 5.98. The first-order chi connectivity index (χ1) is 11.8. The van der Waals surface area contributed by atoms with Crippen molar-refractivity contribution in [3.8, 4) is 5.88 Å². The number of carbonyl (C=O) groups is 1.